The van der Waals surface area contributed by atoms with Crippen molar-refractivity contribution in [3.8, 4) is 23.8 Å². The van der Waals surface area contributed by atoms with E-state index < -0.39 is 6.10 Å². The number of carbonyl (C=O) groups excluding carboxylic acids is 1. The van der Waals surface area contributed by atoms with E-state index in [9.17, 15) is 4.79 Å². The lowest BCUT2D eigenvalue weighted by atomic mass is 10.1. The van der Waals surface area contributed by atoms with E-state index in [0.29, 0.717) is 40.1 Å². The number of rotatable bonds is 11. The third kappa shape index (κ3) is 6.70. The summed E-state index contributed by atoms with van der Waals surface area (Å²) < 4.78 is 16.4. The third-order valence-corrected chi connectivity index (χ3v) is 4.86. The summed E-state index contributed by atoms with van der Waals surface area (Å²) in [5, 5.41) is 3.65. The molecular weight excluding hydrogens is 425 g/mol. The molecular formula is C23H23Cl2NO4. The van der Waals surface area contributed by atoms with Gasteiger partial charge in [0, 0.05) is 6.54 Å². The average molecular weight is 448 g/mol. The van der Waals surface area contributed by atoms with Gasteiger partial charge in [-0.1, -0.05) is 47.3 Å². The first kappa shape index (κ1) is 23.6. The zero-order valence-corrected chi connectivity index (χ0v) is 18.1. The van der Waals surface area contributed by atoms with Gasteiger partial charge >= 0.3 is 0 Å². The van der Waals surface area contributed by atoms with Crippen LogP contribution < -0.4 is 14.8 Å². The average Bonchev–Trinajstić information content (AvgIpc) is 2.75. The van der Waals surface area contributed by atoms with Gasteiger partial charge in [-0.05, 0) is 41.8 Å². The minimum Gasteiger partial charge on any atom is -0.493 e. The third-order valence-electron chi connectivity index (χ3n) is 4.12. The zero-order chi connectivity index (χ0) is 21.9. The van der Waals surface area contributed by atoms with Gasteiger partial charge in [0.2, 0.25) is 0 Å². The summed E-state index contributed by atoms with van der Waals surface area (Å²) in [6, 6.07) is 10.5. The van der Waals surface area contributed by atoms with Gasteiger partial charge in [-0.3, -0.25) is 4.79 Å². The van der Waals surface area contributed by atoms with E-state index in [1.54, 1.807) is 37.5 Å². The summed E-state index contributed by atoms with van der Waals surface area (Å²) >= 11 is 12.0. The van der Waals surface area contributed by atoms with Gasteiger partial charge in [0.05, 0.1) is 23.8 Å². The van der Waals surface area contributed by atoms with E-state index in [1.165, 1.54) is 0 Å². The van der Waals surface area contributed by atoms with Crippen molar-refractivity contribution >= 4 is 29.1 Å². The smallest absolute Gasteiger partial charge is 0.253 e. The number of ether oxygens (including phenoxy) is 3. The maximum Gasteiger partial charge on any atom is 0.253 e. The molecule has 0 aromatic heterocycles. The van der Waals surface area contributed by atoms with E-state index in [4.69, 9.17) is 43.8 Å². The molecule has 1 N–H and O–H groups in total. The first-order chi connectivity index (χ1) is 14.5. The highest BCUT2D eigenvalue weighted by Gasteiger charge is 2.21. The van der Waals surface area contributed by atoms with Crippen LogP contribution in [0.15, 0.2) is 49.1 Å². The standard InChI is InChI=1S/C23H23Cl2NO4/c1-4-12-29-20-9-6-16(14-21(20)28-3)10-11-26-23(27)22(30-13-5-2)17-7-8-18(24)19(25)15-17/h1,5-9,14-15,22H,2,10-13H2,3H3,(H,26,27). The van der Waals surface area contributed by atoms with Gasteiger partial charge in [0.25, 0.3) is 5.91 Å². The summed E-state index contributed by atoms with van der Waals surface area (Å²) in [7, 11) is 1.56. The highest BCUT2D eigenvalue weighted by Crippen LogP contribution is 2.29. The number of terminal acetylenes is 1. The number of benzene rings is 2. The number of hydrogen-bond donors (Lipinski definition) is 1. The van der Waals surface area contributed by atoms with Crippen molar-refractivity contribution in [3.63, 3.8) is 0 Å². The fraction of sp³-hybridized carbons (Fsp3) is 0.261. The lowest BCUT2D eigenvalue weighted by Crippen LogP contribution is -2.32. The van der Waals surface area contributed by atoms with Crippen molar-refractivity contribution in [2.45, 2.75) is 12.5 Å². The van der Waals surface area contributed by atoms with E-state index >= 15 is 0 Å². The first-order valence-electron chi connectivity index (χ1n) is 9.18. The number of carbonyl (C=O) groups is 1. The predicted octanol–water partition coefficient (Wildman–Crippen LogP) is 4.62. The molecule has 1 amide bonds. The molecule has 1 atom stereocenters. The summed E-state index contributed by atoms with van der Waals surface area (Å²) in [6.07, 6.45) is 6.56. The largest absolute Gasteiger partial charge is 0.493 e. The maximum atomic E-state index is 12.7. The number of halogens is 2. The molecule has 0 radical (unpaired) electrons. The van der Waals surface area contributed by atoms with Gasteiger partial charge in [0.15, 0.2) is 17.6 Å². The molecule has 5 nitrogen and oxygen atoms in total. The Morgan fingerprint density at radius 1 is 1.23 bits per heavy atom. The van der Waals surface area contributed by atoms with Crippen LogP contribution in [-0.2, 0) is 16.0 Å². The van der Waals surface area contributed by atoms with Gasteiger partial charge in [-0.25, -0.2) is 0 Å². The zero-order valence-electron chi connectivity index (χ0n) is 16.6. The summed E-state index contributed by atoms with van der Waals surface area (Å²) in [6.45, 7) is 4.41. The number of nitrogens with one attached hydrogen (secondary N) is 1. The SMILES string of the molecule is C#CCOc1ccc(CCNC(=O)C(OCC=C)c2ccc(Cl)c(Cl)c2)cc1OC. The molecule has 0 fully saturated rings. The number of amides is 1. The monoisotopic (exact) mass is 447 g/mol. The van der Waals surface area contributed by atoms with Gasteiger partial charge in [-0.2, -0.15) is 0 Å². The molecule has 1 unspecified atom stereocenters. The molecule has 2 rings (SSSR count). The van der Waals surface area contributed by atoms with Crippen LogP contribution in [0.3, 0.4) is 0 Å². The lowest BCUT2D eigenvalue weighted by molar-refractivity contribution is -0.132. The van der Waals surface area contributed by atoms with Crippen molar-refractivity contribution in [2.24, 2.45) is 0 Å². The van der Waals surface area contributed by atoms with E-state index in [2.05, 4.69) is 17.8 Å². The molecule has 7 heteroatoms. The second kappa shape index (κ2) is 12.1. The molecule has 0 aliphatic carbocycles. The van der Waals surface area contributed by atoms with Crippen LogP contribution in [0.2, 0.25) is 10.0 Å². The van der Waals surface area contributed by atoms with E-state index in [1.807, 2.05) is 12.1 Å². The van der Waals surface area contributed by atoms with Crippen LogP contribution in [0.5, 0.6) is 11.5 Å². The van der Waals surface area contributed by atoms with Crippen LogP contribution in [-0.4, -0.2) is 32.8 Å². The lowest BCUT2D eigenvalue weighted by Gasteiger charge is -2.18. The van der Waals surface area contributed by atoms with Crippen LogP contribution in [0.1, 0.15) is 17.2 Å². The van der Waals surface area contributed by atoms with Crippen LogP contribution >= 0.6 is 23.2 Å². The normalized spacial score (nSPS) is 11.3. The highest BCUT2D eigenvalue weighted by molar-refractivity contribution is 6.42. The number of methoxy groups -OCH3 is 1. The Kier molecular flexibility index (Phi) is 9.56. The molecule has 2 aromatic carbocycles. The van der Waals surface area contributed by atoms with E-state index in [-0.39, 0.29) is 19.1 Å². The van der Waals surface area contributed by atoms with Crippen molar-refractivity contribution in [1.29, 1.82) is 0 Å². The van der Waals surface area contributed by atoms with E-state index in [0.717, 1.165) is 5.56 Å². The molecule has 0 aliphatic rings. The van der Waals surface area contributed by atoms with Crippen molar-refractivity contribution in [2.75, 3.05) is 26.9 Å². The van der Waals surface area contributed by atoms with Crippen LogP contribution in [0.4, 0.5) is 0 Å². The molecule has 2 aromatic rings. The van der Waals surface area contributed by atoms with Crippen LogP contribution in [0, 0.1) is 12.3 Å². The van der Waals surface area contributed by atoms with Gasteiger partial charge in [0.1, 0.15) is 6.61 Å². The van der Waals surface area contributed by atoms with Gasteiger partial charge in [-0.15, -0.1) is 13.0 Å². The highest BCUT2D eigenvalue weighted by atomic mass is 35.5. The van der Waals surface area contributed by atoms with Crippen molar-refractivity contribution < 1.29 is 19.0 Å². The molecule has 0 saturated carbocycles. The summed E-state index contributed by atoms with van der Waals surface area (Å²) in [5.41, 5.74) is 1.58. The Labute approximate surface area is 186 Å². The molecule has 0 spiro atoms. The van der Waals surface area contributed by atoms with Crippen LogP contribution in [0.25, 0.3) is 0 Å². The Hall–Kier alpha value is -2.65. The van der Waals surface area contributed by atoms with Crippen molar-refractivity contribution in [1.82, 2.24) is 5.32 Å². The predicted molar refractivity (Wildman–Crippen MR) is 119 cm³/mol. The molecule has 0 bridgehead atoms. The Morgan fingerprint density at radius 2 is 2.03 bits per heavy atom. The Balaban J connectivity index is 2.02. The molecule has 0 aliphatic heterocycles. The second-order valence-electron chi connectivity index (χ2n) is 6.19. The first-order valence-corrected chi connectivity index (χ1v) is 9.94. The minimum atomic E-state index is -0.827. The second-order valence-corrected chi connectivity index (χ2v) is 7.01. The Morgan fingerprint density at radius 3 is 2.70 bits per heavy atom. The van der Waals surface area contributed by atoms with Gasteiger partial charge < -0.3 is 19.5 Å². The molecule has 0 saturated heterocycles. The fourth-order valence-electron chi connectivity index (χ4n) is 2.69. The topological polar surface area (TPSA) is 56.8 Å². The fourth-order valence-corrected chi connectivity index (χ4v) is 3.00. The summed E-state index contributed by atoms with van der Waals surface area (Å²) in [4.78, 5) is 12.7. The summed E-state index contributed by atoms with van der Waals surface area (Å²) in [5.74, 6) is 3.28. The molecule has 0 heterocycles. The quantitative estimate of drug-likeness (QED) is 0.403. The molecule has 158 valence electrons. The Bertz CT molecular complexity index is 924. The maximum absolute atomic E-state index is 12.7. The number of hydrogen-bond acceptors (Lipinski definition) is 4. The minimum absolute atomic E-state index is 0.159. The van der Waals surface area contributed by atoms with Crippen molar-refractivity contribution in [3.05, 3.63) is 70.2 Å². The molecule has 30 heavy (non-hydrogen) atoms.